The molecule has 0 bridgehead atoms. The van der Waals surface area contributed by atoms with Crippen LogP contribution >= 0.6 is 11.6 Å². The van der Waals surface area contributed by atoms with Crippen LogP contribution in [0.4, 0.5) is 5.69 Å². The van der Waals surface area contributed by atoms with Crippen molar-refractivity contribution < 1.29 is 18.0 Å². The van der Waals surface area contributed by atoms with Gasteiger partial charge in [-0.15, -0.1) is 0 Å². The van der Waals surface area contributed by atoms with Crippen LogP contribution < -0.4 is 9.62 Å². The van der Waals surface area contributed by atoms with Gasteiger partial charge in [0.25, 0.3) is 10.0 Å². The minimum Gasteiger partial charge on any atom is -0.354 e. The van der Waals surface area contributed by atoms with E-state index in [1.807, 2.05) is 45.0 Å². The Labute approximate surface area is 230 Å². The van der Waals surface area contributed by atoms with Crippen molar-refractivity contribution in [1.29, 1.82) is 0 Å². The van der Waals surface area contributed by atoms with E-state index in [-0.39, 0.29) is 34.0 Å². The van der Waals surface area contributed by atoms with Gasteiger partial charge in [0.05, 0.1) is 15.6 Å². The van der Waals surface area contributed by atoms with Gasteiger partial charge in [-0.05, 0) is 49.6 Å². The van der Waals surface area contributed by atoms with Crippen LogP contribution in [0.2, 0.25) is 5.02 Å². The highest BCUT2D eigenvalue weighted by Crippen LogP contribution is 2.30. The zero-order valence-corrected chi connectivity index (χ0v) is 23.7. The maximum atomic E-state index is 13.9. The standard InChI is InChI=1S/C29H34ClN3O4S/c1-21(2)18-31-29(35)23(4)32(19-24-12-10-11-22(3)17-24)28(34)20-33(27-16-9-8-15-26(27)30)38(36,37)25-13-6-5-7-14-25/h5-17,21,23H,18-20H2,1-4H3,(H,31,35). The molecule has 0 heterocycles. The van der Waals surface area contributed by atoms with Gasteiger partial charge in [0.2, 0.25) is 11.8 Å². The van der Waals surface area contributed by atoms with Gasteiger partial charge in [-0.25, -0.2) is 8.42 Å². The first kappa shape index (κ1) is 29.2. The third-order valence-electron chi connectivity index (χ3n) is 6.02. The van der Waals surface area contributed by atoms with Gasteiger partial charge in [-0.1, -0.05) is 85.6 Å². The molecule has 0 spiro atoms. The van der Waals surface area contributed by atoms with Crippen molar-refractivity contribution in [2.75, 3.05) is 17.4 Å². The molecule has 3 aromatic rings. The lowest BCUT2D eigenvalue weighted by Crippen LogP contribution is -2.51. The molecule has 1 N–H and O–H groups in total. The van der Waals surface area contributed by atoms with Gasteiger partial charge in [-0.3, -0.25) is 13.9 Å². The Morgan fingerprint density at radius 2 is 1.58 bits per heavy atom. The number of hydrogen-bond acceptors (Lipinski definition) is 4. The maximum Gasteiger partial charge on any atom is 0.264 e. The van der Waals surface area contributed by atoms with Crippen molar-refractivity contribution in [2.45, 2.75) is 45.2 Å². The fraction of sp³-hybridized carbons (Fsp3) is 0.310. The first-order valence-corrected chi connectivity index (χ1v) is 14.3. The number of para-hydroxylation sites is 1. The Balaban J connectivity index is 2.01. The molecule has 1 atom stereocenters. The van der Waals surface area contributed by atoms with E-state index in [0.29, 0.717) is 6.54 Å². The molecule has 9 heteroatoms. The molecule has 2 amide bonds. The van der Waals surface area contributed by atoms with Crippen LogP contribution in [0.1, 0.15) is 31.9 Å². The Kier molecular flexibility index (Phi) is 9.94. The number of rotatable bonds is 11. The summed E-state index contributed by atoms with van der Waals surface area (Å²) in [5, 5.41) is 3.07. The van der Waals surface area contributed by atoms with E-state index < -0.39 is 28.5 Å². The maximum absolute atomic E-state index is 13.9. The van der Waals surface area contributed by atoms with Crippen LogP contribution in [0, 0.1) is 12.8 Å². The number of nitrogens with one attached hydrogen (secondary N) is 1. The van der Waals surface area contributed by atoms with Crippen LogP contribution in [0.25, 0.3) is 0 Å². The SMILES string of the molecule is Cc1cccc(CN(C(=O)CN(c2ccccc2Cl)S(=O)(=O)c2ccccc2)C(C)C(=O)NCC(C)C)c1. The van der Waals surface area contributed by atoms with Gasteiger partial charge in [0.15, 0.2) is 0 Å². The van der Waals surface area contributed by atoms with E-state index >= 15 is 0 Å². The number of nitrogens with zero attached hydrogens (tertiary/aromatic N) is 2. The fourth-order valence-corrected chi connectivity index (χ4v) is 5.67. The second-order valence-corrected chi connectivity index (χ2v) is 11.9. The Morgan fingerprint density at radius 3 is 2.21 bits per heavy atom. The number of carbonyl (C=O) groups excluding carboxylic acids is 2. The molecule has 202 valence electrons. The highest BCUT2D eigenvalue weighted by Gasteiger charge is 2.33. The predicted octanol–water partition coefficient (Wildman–Crippen LogP) is 5.03. The summed E-state index contributed by atoms with van der Waals surface area (Å²) in [6.07, 6.45) is 0. The van der Waals surface area contributed by atoms with E-state index in [0.717, 1.165) is 15.4 Å². The number of sulfonamides is 1. The van der Waals surface area contributed by atoms with E-state index in [4.69, 9.17) is 11.6 Å². The highest BCUT2D eigenvalue weighted by atomic mass is 35.5. The molecule has 0 aliphatic carbocycles. The average Bonchev–Trinajstić information content (AvgIpc) is 2.89. The molecule has 0 fully saturated rings. The first-order valence-electron chi connectivity index (χ1n) is 12.5. The quantitative estimate of drug-likeness (QED) is 0.359. The predicted molar refractivity (Wildman–Crippen MR) is 151 cm³/mol. The van der Waals surface area contributed by atoms with Crippen LogP contribution in [0.5, 0.6) is 0 Å². The number of aryl methyl sites for hydroxylation is 1. The number of hydrogen-bond donors (Lipinski definition) is 1. The van der Waals surface area contributed by atoms with Crippen molar-refractivity contribution >= 4 is 39.1 Å². The molecule has 0 saturated carbocycles. The van der Waals surface area contributed by atoms with Crippen LogP contribution in [0.3, 0.4) is 0 Å². The third kappa shape index (κ3) is 7.36. The Bertz CT molecular complexity index is 1360. The van der Waals surface area contributed by atoms with Gasteiger partial charge < -0.3 is 10.2 Å². The summed E-state index contributed by atoms with van der Waals surface area (Å²) in [7, 11) is -4.15. The van der Waals surface area contributed by atoms with E-state index in [9.17, 15) is 18.0 Å². The van der Waals surface area contributed by atoms with Crippen molar-refractivity contribution in [3.05, 3.63) is 95.0 Å². The smallest absolute Gasteiger partial charge is 0.264 e. The largest absolute Gasteiger partial charge is 0.354 e. The third-order valence-corrected chi connectivity index (χ3v) is 8.11. The lowest BCUT2D eigenvalue weighted by Gasteiger charge is -2.32. The topological polar surface area (TPSA) is 86.8 Å². The summed E-state index contributed by atoms with van der Waals surface area (Å²) in [4.78, 5) is 28.3. The molecule has 0 aromatic heterocycles. The van der Waals surface area contributed by atoms with Crippen molar-refractivity contribution in [3.63, 3.8) is 0 Å². The first-order chi connectivity index (χ1) is 18.0. The lowest BCUT2D eigenvalue weighted by atomic mass is 10.1. The van der Waals surface area contributed by atoms with Crippen LogP contribution in [-0.2, 0) is 26.2 Å². The minimum atomic E-state index is -4.15. The molecular weight excluding hydrogens is 522 g/mol. The number of halogens is 1. The molecular formula is C29H34ClN3O4S. The summed E-state index contributed by atoms with van der Waals surface area (Å²) in [6, 6.07) is 21.2. The summed E-state index contributed by atoms with van der Waals surface area (Å²) in [5.74, 6) is -0.605. The van der Waals surface area contributed by atoms with Gasteiger partial charge in [0, 0.05) is 13.1 Å². The van der Waals surface area contributed by atoms with Crippen molar-refractivity contribution in [2.24, 2.45) is 5.92 Å². The molecule has 0 aliphatic heterocycles. The molecule has 0 aliphatic rings. The Hall–Kier alpha value is -3.36. The normalized spacial score (nSPS) is 12.2. The molecule has 0 saturated heterocycles. The number of amides is 2. The summed E-state index contributed by atoms with van der Waals surface area (Å²) in [5.41, 5.74) is 2.02. The lowest BCUT2D eigenvalue weighted by molar-refractivity contribution is -0.139. The number of benzene rings is 3. The van der Waals surface area contributed by atoms with E-state index in [1.54, 1.807) is 49.4 Å². The monoisotopic (exact) mass is 555 g/mol. The second kappa shape index (κ2) is 12.9. The Morgan fingerprint density at radius 1 is 0.921 bits per heavy atom. The fourth-order valence-electron chi connectivity index (χ4n) is 3.93. The molecule has 38 heavy (non-hydrogen) atoms. The van der Waals surface area contributed by atoms with Gasteiger partial charge >= 0.3 is 0 Å². The summed E-state index contributed by atoms with van der Waals surface area (Å²) in [6.45, 7) is 7.62. The molecule has 3 aromatic carbocycles. The van der Waals surface area contributed by atoms with Crippen molar-refractivity contribution in [1.82, 2.24) is 10.2 Å². The highest BCUT2D eigenvalue weighted by molar-refractivity contribution is 7.92. The molecule has 3 rings (SSSR count). The van der Waals surface area contributed by atoms with Gasteiger partial charge in [0.1, 0.15) is 12.6 Å². The average molecular weight is 556 g/mol. The second-order valence-electron chi connectivity index (χ2n) is 9.60. The molecule has 1 unspecified atom stereocenters. The number of anilines is 1. The number of carbonyl (C=O) groups is 2. The van der Waals surface area contributed by atoms with Crippen LogP contribution in [-0.4, -0.2) is 44.3 Å². The minimum absolute atomic E-state index is 0.0284. The summed E-state index contributed by atoms with van der Waals surface area (Å²) < 4.78 is 28.5. The van der Waals surface area contributed by atoms with E-state index in [1.165, 1.54) is 17.0 Å². The molecule has 7 nitrogen and oxygen atoms in total. The van der Waals surface area contributed by atoms with Crippen LogP contribution in [0.15, 0.2) is 83.8 Å². The van der Waals surface area contributed by atoms with E-state index in [2.05, 4.69) is 5.32 Å². The van der Waals surface area contributed by atoms with Crippen molar-refractivity contribution in [3.8, 4) is 0 Å². The zero-order valence-electron chi connectivity index (χ0n) is 22.1. The molecule has 0 radical (unpaired) electrons. The van der Waals surface area contributed by atoms with Gasteiger partial charge in [-0.2, -0.15) is 0 Å². The zero-order chi connectivity index (χ0) is 27.9. The summed E-state index contributed by atoms with van der Waals surface area (Å²) >= 11 is 6.41.